The summed E-state index contributed by atoms with van der Waals surface area (Å²) >= 11 is 0. The molecular formula is C12H22N2O5. The standard InChI is InChI=1S/C12H22N2O5/c1-3-17-11(15)13-7-9-5-6-10(19-9)8-14-12(16)18-4-2/h9-10H,3-8H2,1-2H3,(H,13,15)(H,14,16). The smallest absolute Gasteiger partial charge is 0.407 e. The van der Waals surface area contributed by atoms with Crippen LogP contribution < -0.4 is 10.6 Å². The summed E-state index contributed by atoms with van der Waals surface area (Å²) in [4.78, 5) is 22.2. The van der Waals surface area contributed by atoms with E-state index in [1.165, 1.54) is 0 Å². The van der Waals surface area contributed by atoms with Gasteiger partial charge in [-0.05, 0) is 26.7 Å². The Morgan fingerprint density at radius 3 is 1.79 bits per heavy atom. The van der Waals surface area contributed by atoms with Gasteiger partial charge >= 0.3 is 12.2 Å². The first-order valence-corrected chi connectivity index (χ1v) is 6.62. The summed E-state index contributed by atoms with van der Waals surface area (Å²) in [5, 5.41) is 5.27. The van der Waals surface area contributed by atoms with Gasteiger partial charge in [0.1, 0.15) is 0 Å². The van der Waals surface area contributed by atoms with Gasteiger partial charge in [0.2, 0.25) is 0 Å². The molecule has 0 spiro atoms. The van der Waals surface area contributed by atoms with Crippen molar-refractivity contribution in [3.8, 4) is 0 Å². The minimum atomic E-state index is -0.431. The second kappa shape index (κ2) is 8.58. The Morgan fingerprint density at radius 1 is 1.00 bits per heavy atom. The van der Waals surface area contributed by atoms with Gasteiger partial charge in [0, 0.05) is 13.1 Å². The van der Waals surface area contributed by atoms with Crippen molar-refractivity contribution in [2.45, 2.75) is 38.9 Å². The second-order valence-corrected chi connectivity index (χ2v) is 4.16. The summed E-state index contributed by atoms with van der Waals surface area (Å²) in [5.41, 5.74) is 0. The first-order chi connectivity index (χ1) is 9.15. The molecule has 0 aromatic carbocycles. The van der Waals surface area contributed by atoms with E-state index in [1.54, 1.807) is 13.8 Å². The van der Waals surface area contributed by atoms with Crippen LogP contribution in [0.3, 0.4) is 0 Å². The van der Waals surface area contributed by atoms with E-state index in [0.29, 0.717) is 26.3 Å². The highest BCUT2D eigenvalue weighted by atomic mass is 16.6. The van der Waals surface area contributed by atoms with Crippen molar-refractivity contribution in [1.29, 1.82) is 0 Å². The van der Waals surface area contributed by atoms with Crippen LogP contribution in [0.1, 0.15) is 26.7 Å². The molecule has 1 aliphatic heterocycles. The lowest BCUT2D eigenvalue weighted by Crippen LogP contribution is -2.35. The first-order valence-electron chi connectivity index (χ1n) is 6.62. The molecule has 1 rings (SSSR count). The highest BCUT2D eigenvalue weighted by Crippen LogP contribution is 2.18. The number of alkyl carbamates (subject to hydrolysis) is 2. The van der Waals surface area contributed by atoms with E-state index in [1.807, 2.05) is 0 Å². The van der Waals surface area contributed by atoms with E-state index in [0.717, 1.165) is 12.8 Å². The van der Waals surface area contributed by atoms with Gasteiger partial charge < -0.3 is 24.8 Å². The maximum Gasteiger partial charge on any atom is 0.407 e. The van der Waals surface area contributed by atoms with Gasteiger partial charge in [-0.3, -0.25) is 0 Å². The zero-order chi connectivity index (χ0) is 14.1. The Balaban J connectivity index is 2.12. The molecule has 2 atom stereocenters. The fourth-order valence-electron chi connectivity index (χ4n) is 1.84. The molecule has 110 valence electrons. The number of carbonyl (C=O) groups is 2. The molecular weight excluding hydrogens is 252 g/mol. The van der Waals surface area contributed by atoms with Crippen molar-refractivity contribution < 1.29 is 23.8 Å². The summed E-state index contributed by atoms with van der Waals surface area (Å²) in [6.07, 6.45) is 0.776. The van der Waals surface area contributed by atoms with E-state index in [9.17, 15) is 9.59 Å². The molecule has 7 nitrogen and oxygen atoms in total. The minimum Gasteiger partial charge on any atom is -0.450 e. The van der Waals surface area contributed by atoms with Crippen LogP contribution in [0.5, 0.6) is 0 Å². The van der Waals surface area contributed by atoms with Gasteiger partial charge in [-0.25, -0.2) is 9.59 Å². The van der Waals surface area contributed by atoms with E-state index in [4.69, 9.17) is 14.2 Å². The Bertz CT molecular complexity index is 270. The van der Waals surface area contributed by atoms with Crippen LogP contribution in [-0.2, 0) is 14.2 Å². The second-order valence-electron chi connectivity index (χ2n) is 4.16. The maximum atomic E-state index is 11.1. The van der Waals surface area contributed by atoms with E-state index >= 15 is 0 Å². The molecule has 1 heterocycles. The van der Waals surface area contributed by atoms with E-state index in [-0.39, 0.29) is 12.2 Å². The third kappa shape index (κ3) is 6.28. The number of hydrogen-bond acceptors (Lipinski definition) is 5. The van der Waals surface area contributed by atoms with Gasteiger partial charge in [-0.1, -0.05) is 0 Å². The van der Waals surface area contributed by atoms with Gasteiger partial charge in [0.15, 0.2) is 0 Å². The van der Waals surface area contributed by atoms with Crippen LogP contribution in [0.25, 0.3) is 0 Å². The molecule has 1 fully saturated rings. The lowest BCUT2D eigenvalue weighted by Gasteiger charge is -2.14. The third-order valence-electron chi connectivity index (χ3n) is 2.69. The molecule has 2 unspecified atom stereocenters. The third-order valence-corrected chi connectivity index (χ3v) is 2.69. The molecule has 7 heteroatoms. The maximum absolute atomic E-state index is 11.1. The van der Waals surface area contributed by atoms with Crippen LogP contribution in [0, 0.1) is 0 Å². The van der Waals surface area contributed by atoms with Gasteiger partial charge in [-0.2, -0.15) is 0 Å². The summed E-state index contributed by atoms with van der Waals surface area (Å²) in [7, 11) is 0. The predicted molar refractivity (Wildman–Crippen MR) is 67.9 cm³/mol. The minimum absolute atomic E-state index is 0.0293. The zero-order valence-electron chi connectivity index (χ0n) is 11.4. The summed E-state index contributed by atoms with van der Waals surface area (Å²) in [6, 6.07) is 0. The van der Waals surface area contributed by atoms with Gasteiger partial charge in [0.25, 0.3) is 0 Å². The van der Waals surface area contributed by atoms with Gasteiger partial charge in [-0.15, -0.1) is 0 Å². The molecule has 0 aromatic heterocycles. The molecule has 19 heavy (non-hydrogen) atoms. The molecule has 0 saturated carbocycles. The molecule has 1 saturated heterocycles. The van der Waals surface area contributed by atoms with Crippen LogP contribution in [-0.4, -0.2) is 50.7 Å². The topological polar surface area (TPSA) is 85.9 Å². The van der Waals surface area contributed by atoms with Crippen molar-refractivity contribution >= 4 is 12.2 Å². The SMILES string of the molecule is CCOC(=O)NCC1CCC(CNC(=O)OCC)O1. The Hall–Kier alpha value is -1.50. The van der Waals surface area contributed by atoms with Crippen LogP contribution in [0.15, 0.2) is 0 Å². The van der Waals surface area contributed by atoms with Crippen molar-refractivity contribution in [3.63, 3.8) is 0 Å². The molecule has 0 radical (unpaired) electrons. The highest BCUT2D eigenvalue weighted by molar-refractivity contribution is 5.67. The van der Waals surface area contributed by atoms with Crippen LogP contribution >= 0.6 is 0 Å². The normalized spacial score (nSPS) is 21.8. The summed E-state index contributed by atoms with van der Waals surface area (Å²) in [5.74, 6) is 0. The first kappa shape index (κ1) is 15.6. The fourth-order valence-corrected chi connectivity index (χ4v) is 1.84. The number of hydrogen-bond donors (Lipinski definition) is 2. The summed E-state index contributed by atoms with van der Waals surface area (Å²) in [6.45, 7) is 5.06. The van der Waals surface area contributed by atoms with Gasteiger partial charge in [0.05, 0.1) is 25.4 Å². The number of nitrogens with one attached hydrogen (secondary N) is 2. The lowest BCUT2D eigenvalue weighted by atomic mass is 10.2. The van der Waals surface area contributed by atoms with E-state index in [2.05, 4.69) is 10.6 Å². The van der Waals surface area contributed by atoms with Crippen LogP contribution in [0.4, 0.5) is 9.59 Å². The fraction of sp³-hybridized carbons (Fsp3) is 0.833. The number of carbonyl (C=O) groups excluding carboxylic acids is 2. The molecule has 1 aliphatic rings. The highest BCUT2D eigenvalue weighted by Gasteiger charge is 2.26. The van der Waals surface area contributed by atoms with Crippen molar-refractivity contribution in [1.82, 2.24) is 10.6 Å². The molecule has 0 aliphatic carbocycles. The monoisotopic (exact) mass is 274 g/mol. The quantitative estimate of drug-likeness (QED) is 0.755. The summed E-state index contributed by atoms with van der Waals surface area (Å²) < 4.78 is 15.2. The largest absolute Gasteiger partial charge is 0.450 e. The Kier molecular flexibility index (Phi) is 7.02. The zero-order valence-corrected chi connectivity index (χ0v) is 11.4. The average molecular weight is 274 g/mol. The van der Waals surface area contributed by atoms with Crippen molar-refractivity contribution in [3.05, 3.63) is 0 Å². The molecule has 0 bridgehead atoms. The average Bonchev–Trinajstić information content (AvgIpc) is 2.83. The Morgan fingerprint density at radius 2 is 1.42 bits per heavy atom. The number of rotatable bonds is 6. The van der Waals surface area contributed by atoms with Crippen molar-refractivity contribution in [2.75, 3.05) is 26.3 Å². The predicted octanol–water partition coefficient (Wildman–Crippen LogP) is 1.03. The number of ether oxygens (including phenoxy) is 3. The van der Waals surface area contributed by atoms with Crippen molar-refractivity contribution in [2.24, 2.45) is 0 Å². The Labute approximate surface area is 113 Å². The molecule has 2 amide bonds. The molecule has 2 N–H and O–H groups in total. The number of amides is 2. The molecule has 0 aromatic rings. The van der Waals surface area contributed by atoms with E-state index < -0.39 is 12.2 Å². The lowest BCUT2D eigenvalue weighted by molar-refractivity contribution is 0.0436. The van der Waals surface area contributed by atoms with Crippen LogP contribution in [0.2, 0.25) is 0 Å².